The van der Waals surface area contributed by atoms with Crippen LogP contribution in [0.1, 0.15) is 10.4 Å². The van der Waals surface area contributed by atoms with Crippen LogP contribution in [0.4, 0.5) is 11.5 Å². The standard InChI is InChI=1S/C19H13ClN4O3/c20-14-10-11(24-18-13(19(25)26)2-1-7-21-18)3-4-16(14)27-15-6-9-23-17-12(15)5-8-22-17/h1-10H,(H,21,24)(H,22,23)(H,25,26). The molecule has 27 heavy (non-hydrogen) atoms. The SMILES string of the molecule is O=C(O)c1cccnc1Nc1ccc(Oc2ccnc3[nH]ccc23)c(Cl)c1. The van der Waals surface area contributed by atoms with Gasteiger partial charge in [-0.05, 0) is 42.5 Å². The topological polar surface area (TPSA) is 100 Å². The van der Waals surface area contributed by atoms with Crippen LogP contribution in [0.2, 0.25) is 5.02 Å². The first-order chi connectivity index (χ1) is 13.1. The molecule has 0 saturated carbocycles. The highest BCUT2D eigenvalue weighted by molar-refractivity contribution is 6.32. The number of pyridine rings is 2. The van der Waals surface area contributed by atoms with Gasteiger partial charge < -0.3 is 20.1 Å². The fourth-order valence-corrected chi connectivity index (χ4v) is 2.84. The molecule has 0 saturated heterocycles. The second-order valence-corrected chi connectivity index (χ2v) is 6.03. The maximum absolute atomic E-state index is 11.3. The van der Waals surface area contributed by atoms with Crippen molar-refractivity contribution in [2.75, 3.05) is 5.32 Å². The van der Waals surface area contributed by atoms with E-state index in [1.54, 1.807) is 42.7 Å². The molecule has 0 bridgehead atoms. The number of rotatable bonds is 5. The van der Waals surface area contributed by atoms with Crippen LogP contribution in [0.25, 0.3) is 11.0 Å². The lowest BCUT2D eigenvalue weighted by atomic mass is 10.2. The van der Waals surface area contributed by atoms with Crippen molar-refractivity contribution in [3.63, 3.8) is 0 Å². The number of hydrogen-bond donors (Lipinski definition) is 3. The molecule has 0 amide bonds. The number of carboxylic acids is 1. The number of hydrogen-bond acceptors (Lipinski definition) is 5. The van der Waals surface area contributed by atoms with Crippen molar-refractivity contribution in [2.24, 2.45) is 0 Å². The van der Waals surface area contributed by atoms with E-state index in [1.165, 1.54) is 12.3 Å². The van der Waals surface area contributed by atoms with Gasteiger partial charge in [0, 0.05) is 24.3 Å². The Balaban J connectivity index is 1.60. The minimum absolute atomic E-state index is 0.0700. The van der Waals surface area contributed by atoms with Crippen LogP contribution in [0.3, 0.4) is 0 Å². The second kappa shape index (κ2) is 6.97. The minimum atomic E-state index is -1.06. The van der Waals surface area contributed by atoms with Gasteiger partial charge in [0.15, 0.2) is 0 Å². The molecule has 3 aromatic heterocycles. The number of aromatic amines is 1. The van der Waals surface area contributed by atoms with Gasteiger partial charge in [0.1, 0.15) is 28.5 Å². The summed E-state index contributed by atoms with van der Waals surface area (Å²) in [6.07, 6.45) is 4.94. The summed E-state index contributed by atoms with van der Waals surface area (Å²) in [6.45, 7) is 0. The van der Waals surface area contributed by atoms with Crippen LogP contribution >= 0.6 is 11.6 Å². The monoisotopic (exact) mass is 380 g/mol. The number of anilines is 2. The van der Waals surface area contributed by atoms with E-state index in [9.17, 15) is 9.90 Å². The number of carboxylic acid groups (broad SMARTS) is 1. The minimum Gasteiger partial charge on any atom is -0.478 e. The number of fused-ring (bicyclic) bond motifs is 1. The number of H-pyrrole nitrogens is 1. The maximum Gasteiger partial charge on any atom is 0.339 e. The lowest BCUT2D eigenvalue weighted by Gasteiger charge is -2.12. The summed E-state index contributed by atoms with van der Waals surface area (Å²) in [5, 5.41) is 13.4. The Morgan fingerprint density at radius 1 is 1.11 bits per heavy atom. The van der Waals surface area contributed by atoms with Crippen molar-refractivity contribution in [3.8, 4) is 11.5 Å². The van der Waals surface area contributed by atoms with Crippen LogP contribution in [0.15, 0.2) is 61.1 Å². The fraction of sp³-hybridized carbons (Fsp3) is 0. The van der Waals surface area contributed by atoms with Crippen molar-refractivity contribution in [2.45, 2.75) is 0 Å². The van der Waals surface area contributed by atoms with Gasteiger partial charge in [0.2, 0.25) is 0 Å². The number of halogens is 1. The summed E-state index contributed by atoms with van der Waals surface area (Å²) < 4.78 is 5.92. The normalized spacial score (nSPS) is 10.7. The highest BCUT2D eigenvalue weighted by atomic mass is 35.5. The molecule has 0 aliphatic carbocycles. The third-order valence-corrected chi connectivity index (χ3v) is 4.17. The highest BCUT2D eigenvalue weighted by Gasteiger charge is 2.12. The van der Waals surface area contributed by atoms with Gasteiger partial charge in [-0.15, -0.1) is 0 Å². The first-order valence-corrected chi connectivity index (χ1v) is 8.34. The van der Waals surface area contributed by atoms with Crippen molar-refractivity contribution in [3.05, 3.63) is 71.6 Å². The number of nitrogens with zero attached hydrogens (tertiary/aromatic N) is 2. The lowest BCUT2D eigenvalue weighted by Crippen LogP contribution is -2.04. The molecule has 134 valence electrons. The molecule has 0 aliphatic rings. The molecule has 0 atom stereocenters. The van der Waals surface area contributed by atoms with Crippen molar-refractivity contribution in [1.29, 1.82) is 0 Å². The molecular weight excluding hydrogens is 368 g/mol. The molecule has 7 nitrogen and oxygen atoms in total. The van der Waals surface area contributed by atoms with Crippen LogP contribution in [0, 0.1) is 0 Å². The van der Waals surface area contributed by atoms with Crippen LogP contribution in [-0.4, -0.2) is 26.0 Å². The molecule has 3 heterocycles. The Morgan fingerprint density at radius 3 is 2.81 bits per heavy atom. The zero-order chi connectivity index (χ0) is 18.8. The lowest BCUT2D eigenvalue weighted by molar-refractivity contribution is 0.0697. The van der Waals surface area contributed by atoms with Crippen LogP contribution in [0.5, 0.6) is 11.5 Å². The Labute approximate surface area is 158 Å². The van der Waals surface area contributed by atoms with Gasteiger partial charge in [-0.3, -0.25) is 0 Å². The van der Waals surface area contributed by atoms with Crippen LogP contribution < -0.4 is 10.1 Å². The summed E-state index contributed by atoms with van der Waals surface area (Å²) in [6, 6.07) is 11.7. The Kier molecular flexibility index (Phi) is 4.35. The van der Waals surface area contributed by atoms with Gasteiger partial charge in [-0.25, -0.2) is 14.8 Å². The summed E-state index contributed by atoms with van der Waals surface area (Å²) in [4.78, 5) is 22.6. The number of aromatic nitrogens is 3. The number of nitrogens with one attached hydrogen (secondary N) is 2. The Bertz CT molecular complexity index is 1140. The summed E-state index contributed by atoms with van der Waals surface area (Å²) in [5.41, 5.74) is 1.38. The molecule has 0 radical (unpaired) electrons. The van der Waals surface area contributed by atoms with Gasteiger partial charge in [0.25, 0.3) is 0 Å². The molecule has 1 aromatic carbocycles. The third kappa shape index (κ3) is 3.40. The van der Waals surface area contributed by atoms with E-state index in [0.29, 0.717) is 22.2 Å². The van der Waals surface area contributed by atoms with Crippen molar-refractivity contribution in [1.82, 2.24) is 15.0 Å². The van der Waals surface area contributed by atoms with Crippen molar-refractivity contribution >= 4 is 40.1 Å². The largest absolute Gasteiger partial charge is 0.478 e. The smallest absolute Gasteiger partial charge is 0.339 e. The average Bonchev–Trinajstić information content (AvgIpc) is 3.14. The van der Waals surface area contributed by atoms with Gasteiger partial charge in [-0.2, -0.15) is 0 Å². The molecule has 3 N–H and O–H groups in total. The molecule has 0 aliphatic heterocycles. The van der Waals surface area contributed by atoms with Crippen molar-refractivity contribution < 1.29 is 14.6 Å². The predicted molar refractivity (Wildman–Crippen MR) is 102 cm³/mol. The average molecular weight is 381 g/mol. The molecular formula is C19H13ClN4O3. The van der Waals surface area contributed by atoms with Gasteiger partial charge in [-0.1, -0.05) is 11.6 Å². The number of ether oxygens (including phenoxy) is 1. The Hall–Kier alpha value is -3.58. The van der Waals surface area contributed by atoms with Gasteiger partial charge >= 0.3 is 5.97 Å². The molecule has 0 fully saturated rings. The van der Waals surface area contributed by atoms with E-state index in [4.69, 9.17) is 16.3 Å². The summed E-state index contributed by atoms with van der Waals surface area (Å²) in [7, 11) is 0. The third-order valence-electron chi connectivity index (χ3n) is 3.87. The zero-order valence-corrected chi connectivity index (χ0v) is 14.6. The molecule has 4 rings (SSSR count). The maximum atomic E-state index is 11.3. The Morgan fingerprint density at radius 2 is 2.00 bits per heavy atom. The quantitative estimate of drug-likeness (QED) is 0.458. The number of carbonyl (C=O) groups is 1. The van der Waals surface area contributed by atoms with E-state index >= 15 is 0 Å². The molecule has 4 aromatic rings. The molecule has 8 heteroatoms. The summed E-state index contributed by atoms with van der Waals surface area (Å²) >= 11 is 6.35. The van der Waals surface area contributed by atoms with Crippen LogP contribution in [-0.2, 0) is 0 Å². The number of aromatic carboxylic acids is 1. The second-order valence-electron chi connectivity index (χ2n) is 5.63. The van der Waals surface area contributed by atoms with E-state index < -0.39 is 5.97 Å². The number of benzene rings is 1. The van der Waals surface area contributed by atoms with E-state index in [0.717, 1.165) is 11.0 Å². The van der Waals surface area contributed by atoms with E-state index in [-0.39, 0.29) is 11.4 Å². The fourth-order valence-electron chi connectivity index (χ4n) is 2.62. The van der Waals surface area contributed by atoms with E-state index in [2.05, 4.69) is 20.3 Å². The van der Waals surface area contributed by atoms with E-state index in [1.807, 2.05) is 6.07 Å². The highest BCUT2D eigenvalue weighted by Crippen LogP contribution is 2.35. The molecule has 0 unspecified atom stereocenters. The summed E-state index contributed by atoms with van der Waals surface area (Å²) in [5.74, 6) is 0.264. The zero-order valence-electron chi connectivity index (χ0n) is 13.8. The van der Waals surface area contributed by atoms with Gasteiger partial charge in [0.05, 0.1) is 10.4 Å². The molecule has 0 spiro atoms. The first kappa shape index (κ1) is 16.9. The predicted octanol–water partition coefficient (Wildman–Crippen LogP) is 4.85. The first-order valence-electron chi connectivity index (χ1n) is 7.96.